The van der Waals surface area contributed by atoms with Gasteiger partial charge in [0.1, 0.15) is 0 Å². The van der Waals surface area contributed by atoms with Gasteiger partial charge in [-0.2, -0.15) is 0 Å². The fourth-order valence-electron chi connectivity index (χ4n) is 3.30. The average molecular weight is 469 g/mol. The third kappa shape index (κ3) is 4.21. The van der Waals surface area contributed by atoms with Crippen LogP contribution in [0.15, 0.2) is 80.6 Å². The van der Waals surface area contributed by atoms with E-state index >= 15 is 0 Å². The molecule has 1 aromatic heterocycles. The van der Waals surface area contributed by atoms with E-state index in [2.05, 4.69) is 51.4 Å². The first-order chi connectivity index (χ1) is 14.0. The summed E-state index contributed by atoms with van der Waals surface area (Å²) in [5.74, 6) is 0.293. The maximum Gasteiger partial charge on any atom is 0.334 e. The number of fused-ring (bicyclic) bond motifs is 1. The molecule has 4 aromatic rings. The van der Waals surface area contributed by atoms with E-state index in [-0.39, 0.29) is 10.9 Å². The molecule has 0 radical (unpaired) electrons. The Hall–Kier alpha value is -2.64. The number of aromatic nitrogens is 1. The van der Waals surface area contributed by atoms with Gasteiger partial charge < -0.3 is 4.52 Å². The van der Waals surface area contributed by atoms with Gasteiger partial charge >= 0.3 is 5.69 Å². The molecule has 0 bridgehead atoms. The lowest BCUT2D eigenvalue weighted by atomic mass is 10.1. The second kappa shape index (κ2) is 8.39. The van der Waals surface area contributed by atoms with Crippen LogP contribution in [-0.4, -0.2) is 10.1 Å². The quantitative estimate of drug-likeness (QED) is 0.175. The normalized spacial score (nSPS) is 12.2. The highest BCUT2D eigenvalue weighted by Crippen LogP contribution is 2.42. The smallest absolute Gasteiger partial charge is 0.334 e. The summed E-state index contributed by atoms with van der Waals surface area (Å²) in [5, 5.41) is 17.5. The van der Waals surface area contributed by atoms with Crippen LogP contribution in [0, 0.1) is 17.0 Å². The van der Waals surface area contributed by atoms with E-state index in [1.54, 1.807) is 18.7 Å². The summed E-state index contributed by atoms with van der Waals surface area (Å²) in [4.78, 5) is 12.2. The summed E-state index contributed by atoms with van der Waals surface area (Å²) >= 11 is 5.28. The average Bonchev–Trinajstić information content (AvgIpc) is 3.08. The molecule has 7 heteroatoms. The topological polar surface area (TPSA) is 69.2 Å². The van der Waals surface area contributed by atoms with E-state index in [1.165, 1.54) is 5.39 Å². The molecule has 0 spiro atoms. The van der Waals surface area contributed by atoms with Gasteiger partial charge in [-0.25, -0.2) is 0 Å². The summed E-state index contributed by atoms with van der Waals surface area (Å²) in [7, 11) is 0. The molecule has 0 fully saturated rings. The lowest BCUT2D eigenvalue weighted by Gasteiger charge is -2.17. The third-order valence-corrected chi connectivity index (χ3v) is 6.66. The Morgan fingerprint density at radius 2 is 1.83 bits per heavy atom. The van der Waals surface area contributed by atoms with E-state index in [0.717, 1.165) is 20.3 Å². The van der Waals surface area contributed by atoms with Gasteiger partial charge in [0.15, 0.2) is 5.69 Å². The van der Waals surface area contributed by atoms with Crippen LogP contribution < -0.4 is 0 Å². The number of rotatable bonds is 6. The highest BCUT2D eigenvalue weighted by atomic mass is 79.9. The maximum absolute atomic E-state index is 11.5. The number of nitrogens with zero attached hydrogens (tertiary/aromatic N) is 2. The SMILES string of the molecule is Cc1noc(C[C@H](Sc2ccc3ccccc3c2)c2ccccc2Br)c1[N+](=O)[O-]. The van der Waals surface area contributed by atoms with Gasteiger partial charge in [0.05, 0.1) is 4.92 Å². The molecule has 0 amide bonds. The van der Waals surface area contributed by atoms with E-state index in [4.69, 9.17) is 4.52 Å². The minimum atomic E-state index is -0.418. The predicted octanol–water partition coefficient (Wildman–Crippen LogP) is 6.88. The van der Waals surface area contributed by atoms with Crippen LogP contribution in [0.25, 0.3) is 10.8 Å². The van der Waals surface area contributed by atoms with Crippen molar-refractivity contribution in [3.05, 3.63) is 98.3 Å². The fraction of sp³-hybridized carbons (Fsp3) is 0.136. The second-order valence-electron chi connectivity index (χ2n) is 6.64. The molecule has 0 saturated heterocycles. The van der Waals surface area contributed by atoms with Gasteiger partial charge in [0, 0.05) is 21.0 Å². The Kier molecular flexibility index (Phi) is 5.69. The number of benzene rings is 3. The summed E-state index contributed by atoms with van der Waals surface area (Å²) in [6.07, 6.45) is 0.358. The molecule has 5 nitrogen and oxygen atoms in total. The number of thioether (sulfide) groups is 1. The second-order valence-corrected chi connectivity index (χ2v) is 8.77. The van der Waals surface area contributed by atoms with Gasteiger partial charge in [0.2, 0.25) is 5.76 Å². The van der Waals surface area contributed by atoms with Crippen molar-refractivity contribution in [3.8, 4) is 0 Å². The molecule has 0 saturated carbocycles. The van der Waals surface area contributed by atoms with Gasteiger partial charge in [0.25, 0.3) is 0 Å². The summed E-state index contributed by atoms with van der Waals surface area (Å²) in [6, 6.07) is 22.4. The lowest BCUT2D eigenvalue weighted by Crippen LogP contribution is -2.02. The molecule has 1 heterocycles. The zero-order chi connectivity index (χ0) is 20.4. The van der Waals surface area contributed by atoms with Gasteiger partial charge in [-0.1, -0.05) is 69.6 Å². The van der Waals surface area contributed by atoms with Crippen LogP contribution in [0.1, 0.15) is 22.3 Å². The van der Waals surface area contributed by atoms with E-state index < -0.39 is 4.92 Å². The Bertz CT molecular complexity index is 1190. The third-order valence-electron chi connectivity index (χ3n) is 4.70. The molecular formula is C22H17BrN2O3S. The van der Waals surface area contributed by atoms with Crippen molar-refractivity contribution in [2.45, 2.75) is 23.5 Å². The monoisotopic (exact) mass is 468 g/mol. The number of hydrogen-bond acceptors (Lipinski definition) is 5. The molecule has 0 aliphatic rings. The Labute approximate surface area is 180 Å². The van der Waals surface area contributed by atoms with Gasteiger partial charge in [-0.3, -0.25) is 10.1 Å². The maximum atomic E-state index is 11.5. The molecule has 0 N–H and O–H groups in total. The Balaban J connectivity index is 1.72. The summed E-state index contributed by atoms with van der Waals surface area (Å²) in [5.41, 5.74) is 1.31. The van der Waals surface area contributed by atoms with E-state index in [0.29, 0.717) is 17.9 Å². The molecule has 146 valence electrons. The first kappa shape index (κ1) is 19.7. The van der Waals surface area contributed by atoms with Crippen molar-refractivity contribution in [1.82, 2.24) is 5.16 Å². The van der Waals surface area contributed by atoms with Crippen LogP contribution in [0.2, 0.25) is 0 Å². The number of aryl methyl sites for hydroxylation is 1. The highest BCUT2D eigenvalue weighted by Gasteiger charge is 2.28. The molecule has 0 aliphatic heterocycles. The minimum absolute atomic E-state index is 0.0406. The van der Waals surface area contributed by atoms with Crippen molar-refractivity contribution in [1.29, 1.82) is 0 Å². The highest BCUT2D eigenvalue weighted by molar-refractivity contribution is 9.10. The van der Waals surface area contributed by atoms with Gasteiger partial charge in [-0.15, -0.1) is 11.8 Å². The number of halogens is 1. The molecular weight excluding hydrogens is 452 g/mol. The molecule has 4 rings (SSSR count). The van der Waals surface area contributed by atoms with Gasteiger partial charge in [-0.05, 0) is 41.5 Å². The van der Waals surface area contributed by atoms with Crippen molar-refractivity contribution in [2.24, 2.45) is 0 Å². The van der Waals surface area contributed by atoms with Crippen molar-refractivity contribution in [2.75, 3.05) is 0 Å². The van der Waals surface area contributed by atoms with E-state index in [9.17, 15) is 10.1 Å². The lowest BCUT2D eigenvalue weighted by molar-refractivity contribution is -0.386. The molecule has 0 aliphatic carbocycles. The van der Waals surface area contributed by atoms with E-state index in [1.807, 2.05) is 36.4 Å². The summed E-state index contributed by atoms with van der Waals surface area (Å²) in [6.45, 7) is 1.59. The molecule has 1 atom stereocenters. The largest absolute Gasteiger partial charge is 0.354 e. The summed E-state index contributed by atoms with van der Waals surface area (Å²) < 4.78 is 6.29. The standard InChI is InChI=1S/C22H17BrN2O3S/c1-14-22(25(26)27)20(28-24-14)13-21(18-8-4-5-9-19(18)23)29-17-11-10-15-6-2-3-7-16(15)12-17/h2-12,21H,13H2,1H3/t21-/m0/s1. The number of hydrogen-bond donors (Lipinski definition) is 0. The van der Waals surface area contributed by atoms with Crippen molar-refractivity contribution < 1.29 is 9.45 Å². The van der Waals surface area contributed by atoms with Crippen LogP contribution in [0.5, 0.6) is 0 Å². The Morgan fingerprint density at radius 3 is 2.59 bits per heavy atom. The first-order valence-electron chi connectivity index (χ1n) is 9.02. The first-order valence-corrected chi connectivity index (χ1v) is 10.7. The van der Waals surface area contributed by atoms with Crippen LogP contribution in [0.3, 0.4) is 0 Å². The molecule has 29 heavy (non-hydrogen) atoms. The van der Waals surface area contributed by atoms with Crippen molar-refractivity contribution >= 4 is 44.2 Å². The van der Waals surface area contributed by atoms with Crippen LogP contribution >= 0.6 is 27.7 Å². The van der Waals surface area contributed by atoms with Crippen LogP contribution in [-0.2, 0) is 6.42 Å². The van der Waals surface area contributed by atoms with Crippen LogP contribution in [0.4, 0.5) is 5.69 Å². The number of nitro groups is 1. The van der Waals surface area contributed by atoms with Crippen molar-refractivity contribution in [3.63, 3.8) is 0 Å². The zero-order valence-electron chi connectivity index (χ0n) is 15.5. The fourth-order valence-corrected chi connectivity index (χ4v) is 5.25. The zero-order valence-corrected chi connectivity index (χ0v) is 17.9. The molecule has 3 aromatic carbocycles. The Morgan fingerprint density at radius 1 is 1.10 bits per heavy atom. The molecule has 0 unspecified atom stereocenters. The predicted molar refractivity (Wildman–Crippen MR) is 118 cm³/mol. The minimum Gasteiger partial charge on any atom is -0.354 e.